The molecule has 4 aromatic rings. The third-order valence-electron chi connectivity index (χ3n) is 3.93. The molecule has 1 N–H and O–H groups in total. The first-order valence-corrected chi connectivity index (χ1v) is 9.01. The average molecular weight is 380 g/mol. The van der Waals surface area contributed by atoms with Crippen molar-refractivity contribution >= 4 is 23.3 Å². The first-order valence-electron chi connectivity index (χ1n) is 8.20. The lowest BCUT2D eigenvalue weighted by Crippen LogP contribution is -2.16. The molecule has 0 aliphatic carbocycles. The number of aromatic nitrogens is 5. The molecule has 0 saturated carbocycles. The minimum atomic E-state index is -0.375. The molecule has 3 aromatic heterocycles. The van der Waals surface area contributed by atoms with Crippen molar-refractivity contribution in [2.24, 2.45) is 7.05 Å². The van der Waals surface area contributed by atoms with E-state index in [0.29, 0.717) is 17.3 Å². The summed E-state index contributed by atoms with van der Waals surface area (Å²) in [6.07, 6.45) is 0. The summed E-state index contributed by atoms with van der Waals surface area (Å²) in [5.74, 6) is -0.0389. The molecular weight excluding hydrogens is 364 g/mol. The van der Waals surface area contributed by atoms with Crippen molar-refractivity contribution in [2.75, 3.05) is 5.32 Å². The summed E-state index contributed by atoms with van der Waals surface area (Å²) in [6, 6.07) is 11.4. The molecule has 1 amide bonds. The van der Waals surface area contributed by atoms with Gasteiger partial charge in [-0.15, -0.1) is 16.4 Å². The van der Waals surface area contributed by atoms with Crippen molar-refractivity contribution in [1.82, 2.24) is 25.0 Å². The van der Waals surface area contributed by atoms with Gasteiger partial charge >= 0.3 is 6.01 Å². The third kappa shape index (κ3) is 3.36. The van der Waals surface area contributed by atoms with Gasteiger partial charge in [-0.3, -0.25) is 14.8 Å². The molecule has 4 rings (SSSR count). The van der Waals surface area contributed by atoms with Crippen LogP contribution in [-0.2, 0) is 7.05 Å². The summed E-state index contributed by atoms with van der Waals surface area (Å²) in [4.78, 5) is 17.7. The lowest BCUT2D eigenvalue weighted by molar-refractivity contribution is 0.101. The largest absolute Gasteiger partial charge is 0.402 e. The van der Waals surface area contributed by atoms with Gasteiger partial charge in [-0.05, 0) is 19.9 Å². The highest BCUT2D eigenvalue weighted by Crippen LogP contribution is 2.29. The molecule has 0 atom stereocenters. The number of nitrogens with one attached hydrogen (secondary N) is 1. The van der Waals surface area contributed by atoms with Gasteiger partial charge in [0, 0.05) is 12.6 Å². The molecule has 0 spiro atoms. The lowest BCUT2D eigenvalue weighted by Gasteiger charge is -1.99. The Bertz CT molecular complexity index is 1110. The van der Waals surface area contributed by atoms with Gasteiger partial charge in [-0.1, -0.05) is 35.4 Å². The number of carbonyl (C=O) groups is 1. The quantitative estimate of drug-likeness (QED) is 0.582. The molecule has 0 saturated heterocycles. The van der Waals surface area contributed by atoms with Crippen LogP contribution < -0.4 is 5.32 Å². The van der Waals surface area contributed by atoms with Crippen molar-refractivity contribution < 1.29 is 9.21 Å². The number of carbonyl (C=O) groups excluding carboxylic acids is 1. The lowest BCUT2D eigenvalue weighted by atomic mass is 10.1. The highest BCUT2D eigenvalue weighted by atomic mass is 32.1. The van der Waals surface area contributed by atoms with Gasteiger partial charge in [0.15, 0.2) is 0 Å². The Morgan fingerprint density at radius 2 is 1.96 bits per heavy atom. The maximum Gasteiger partial charge on any atom is 0.322 e. The zero-order valence-electron chi connectivity index (χ0n) is 14.9. The number of nitrogens with zero attached hydrogens (tertiary/aromatic N) is 5. The summed E-state index contributed by atoms with van der Waals surface area (Å²) in [6.45, 7) is 3.79. The Balaban J connectivity index is 1.55. The van der Waals surface area contributed by atoms with Crippen LogP contribution in [0.1, 0.15) is 21.2 Å². The Kier molecular flexibility index (Phi) is 4.28. The average Bonchev–Trinajstić information content (AvgIpc) is 3.34. The topological polar surface area (TPSA) is 98.7 Å². The SMILES string of the molecule is Cc1nc(C)c(-c2nnc(NC(=O)c3cc(-c4ccccc4)nn3C)o2)s1. The number of rotatable bonds is 4. The second-order valence-corrected chi connectivity index (χ2v) is 7.12. The van der Waals surface area contributed by atoms with Gasteiger partial charge in [-0.2, -0.15) is 5.10 Å². The highest BCUT2D eigenvalue weighted by molar-refractivity contribution is 7.15. The molecular formula is C18H16N6O2S. The fraction of sp³-hybridized carbons (Fsp3) is 0.167. The number of thiazole rings is 1. The Labute approximate surface area is 158 Å². The molecule has 3 heterocycles. The normalized spacial score (nSPS) is 10.9. The highest BCUT2D eigenvalue weighted by Gasteiger charge is 2.19. The van der Waals surface area contributed by atoms with Crippen LogP contribution in [0, 0.1) is 13.8 Å². The van der Waals surface area contributed by atoms with E-state index in [-0.39, 0.29) is 11.9 Å². The first kappa shape index (κ1) is 17.1. The third-order valence-corrected chi connectivity index (χ3v) is 4.99. The van der Waals surface area contributed by atoms with E-state index in [2.05, 4.69) is 25.6 Å². The molecule has 0 aliphatic rings. The van der Waals surface area contributed by atoms with Crippen molar-refractivity contribution in [1.29, 1.82) is 0 Å². The van der Waals surface area contributed by atoms with Crippen LogP contribution in [0.2, 0.25) is 0 Å². The summed E-state index contributed by atoms with van der Waals surface area (Å²) in [5, 5.41) is 15.8. The number of benzene rings is 1. The van der Waals surface area contributed by atoms with Gasteiger partial charge in [-0.25, -0.2) is 4.98 Å². The van der Waals surface area contributed by atoms with Crippen LogP contribution in [0.15, 0.2) is 40.8 Å². The smallest absolute Gasteiger partial charge is 0.322 e. The second-order valence-electron chi connectivity index (χ2n) is 5.92. The minimum Gasteiger partial charge on any atom is -0.402 e. The number of amides is 1. The van der Waals surface area contributed by atoms with Crippen molar-refractivity contribution in [3.8, 4) is 22.0 Å². The van der Waals surface area contributed by atoms with Crippen LogP contribution in [0.3, 0.4) is 0 Å². The summed E-state index contributed by atoms with van der Waals surface area (Å²) in [7, 11) is 1.71. The number of hydrogen-bond acceptors (Lipinski definition) is 7. The molecule has 0 radical (unpaired) electrons. The fourth-order valence-corrected chi connectivity index (χ4v) is 3.53. The van der Waals surface area contributed by atoms with Gasteiger partial charge in [0.25, 0.3) is 11.8 Å². The van der Waals surface area contributed by atoms with E-state index in [1.54, 1.807) is 13.1 Å². The summed E-state index contributed by atoms with van der Waals surface area (Å²) >= 11 is 1.47. The van der Waals surface area contributed by atoms with Gasteiger partial charge < -0.3 is 4.42 Å². The van der Waals surface area contributed by atoms with E-state index >= 15 is 0 Å². The Morgan fingerprint density at radius 1 is 1.19 bits per heavy atom. The summed E-state index contributed by atoms with van der Waals surface area (Å²) < 4.78 is 7.09. The molecule has 0 bridgehead atoms. The van der Waals surface area contributed by atoms with Crippen LogP contribution in [0.4, 0.5) is 6.01 Å². The molecule has 0 fully saturated rings. The van der Waals surface area contributed by atoms with E-state index in [1.807, 2.05) is 44.2 Å². The van der Waals surface area contributed by atoms with Gasteiger partial charge in [0.2, 0.25) is 0 Å². The fourth-order valence-electron chi connectivity index (χ4n) is 2.69. The first-order chi connectivity index (χ1) is 13.0. The number of aryl methyl sites for hydroxylation is 3. The molecule has 27 heavy (non-hydrogen) atoms. The van der Waals surface area contributed by atoms with Crippen molar-refractivity contribution in [3.63, 3.8) is 0 Å². The molecule has 0 unspecified atom stereocenters. The van der Waals surface area contributed by atoms with Crippen LogP contribution in [0.25, 0.3) is 22.0 Å². The Hall–Kier alpha value is -3.33. The summed E-state index contributed by atoms with van der Waals surface area (Å²) in [5.41, 5.74) is 2.85. The Morgan fingerprint density at radius 3 is 2.67 bits per heavy atom. The van der Waals surface area contributed by atoms with Crippen molar-refractivity contribution in [2.45, 2.75) is 13.8 Å². The zero-order chi connectivity index (χ0) is 19.0. The predicted molar refractivity (Wildman–Crippen MR) is 101 cm³/mol. The minimum absolute atomic E-state index is 0.0305. The van der Waals surface area contributed by atoms with E-state index < -0.39 is 0 Å². The van der Waals surface area contributed by atoms with Gasteiger partial charge in [0.05, 0.1) is 16.4 Å². The molecule has 0 aliphatic heterocycles. The standard InChI is InChI=1S/C18H16N6O2S/c1-10-15(27-11(2)19-10)17-21-22-18(26-17)20-16(25)14-9-13(23-24(14)3)12-7-5-4-6-8-12/h4-9H,1-3H3,(H,20,22,25). The number of anilines is 1. The maximum atomic E-state index is 12.6. The predicted octanol–water partition coefficient (Wildman–Crippen LogP) is 3.46. The maximum absolute atomic E-state index is 12.6. The number of hydrogen-bond donors (Lipinski definition) is 1. The van der Waals surface area contributed by atoms with Crippen LogP contribution in [0.5, 0.6) is 0 Å². The van der Waals surface area contributed by atoms with Crippen molar-refractivity contribution in [3.05, 3.63) is 52.8 Å². The molecule has 1 aromatic carbocycles. The molecule has 136 valence electrons. The second kappa shape index (κ2) is 6.76. The van der Waals surface area contributed by atoms with Gasteiger partial charge in [0.1, 0.15) is 10.6 Å². The zero-order valence-corrected chi connectivity index (χ0v) is 15.7. The monoisotopic (exact) mass is 380 g/mol. The van der Waals surface area contributed by atoms with E-state index in [0.717, 1.165) is 21.1 Å². The van der Waals surface area contributed by atoms with Crippen LogP contribution in [-0.4, -0.2) is 30.9 Å². The van der Waals surface area contributed by atoms with E-state index in [4.69, 9.17) is 4.42 Å². The van der Waals surface area contributed by atoms with Crippen LogP contribution >= 0.6 is 11.3 Å². The van der Waals surface area contributed by atoms with E-state index in [9.17, 15) is 4.79 Å². The van der Waals surface area contributed by atoms with E-state index in [1.165, 1.54) is 16.0 Å². The molecule has 9 heteroatoms. The molecule has 8 nitrogen and oxygen atoms in total.